The van der Waals surface area contributed by atoms with Gasteiger partial charge in [-0.1, -0.05) is 11.3 Å². The van der Waals surface area contributed by atoms with E-state index in [1.54, 1.807) is 23.0 Å². The number of halogens is 1. The molecule has 0 bridgehead atoms. The summed E-state index contributed by atoms with van der Waals surface area (Å²) in [6.45, 7) is 4.73. The lowest BCUT2D eigenvalue weighted by atomic mass is 10.00. The highest BCUT2D eigenvalue weighted by Crippen LogP contribution is 2.35. The smallest absolute Gasteiger partial charge is 0.143 e. The van der Waals surface area contributed by atoms with E-state index >= 15 is 0 Å². The highest BCUT2D eigenvalue weighted by molar-refractivity contribution is 5.60. The Labute approximate surface area is 133 Å². The number of hydrogen-bond acceptors (Lipinski definition) is 5. The summed E-state index contributed by atoms with van der Waals surface area (Å²) in [5.41, 5.74) is -0.141. The van der Waals surface area contributed by atoms with Crippen LogP contribution in [-0.4, -0.2) is 33.2 Å². The Morgan fingerprint density at radius 2 is 2.22 bits per heavy atom. The SMILES string of the molecule is CC(C)n1cc([C@]2(O)CCN(c3cccc(F)c3C#N)C2)nn1. The zero-order valence-electron chi connectivity index (χ0n) is 13.1. The molecule has 0 amide bonds. The summed E-state index contributed by atoms with van der Waals surface area (Å²) in [5, 5.41) is 28.2. The standard InChI is InChI=1S/C16H18FN5O/c1-11(2)22-9-15(19-20-22)16(23)6-7-21(10-16)14-5-3-4-13(17)12(14)8-18/h3-5,9,11,23H,6-7,10H2,1-2H3/t16-/m0/s1. The van der Waals surface area contributed by atoms with Gasteiger partial charge in [-0.05, 0) is 26.0 Å². The summed E-state index contributed by atoms with van der Waals surface area (Å²) >= 11 is 0. The molecule has 2 heterocycles. The molecule has 23 heavy (non-hydrogen) atoms. The Morgan fingerprint density at radius 3 is 2.87 bits per heavy atom. The molecule has 0 saturated carbocycles. The van der Waals surface area contributed by atoms with Gasteiger partial charge in [-0.25, -0.2) is 9.07 Å². The Bertz CT molecular complexity index is 766. The van der Waals surface area contributed by atoms with Crippen molar-refractivity contribution in [2.75, 3.05) is 18.0 Å². The molecule has 1 aliphatic heterocycles. The molecule has 1 atom stereocenters. The maximum atomic E-state index is 13.8. The Balaban J connectivity index is 1.88. The fourth-order valence-corrected chi connectivity index (χ4v) is 2.84. The molecule has 7 heteroatoms. The molecule has 0 aliphatic carbocycles. The van der Waals surface area contributed by atoms with Crippen molar-refractivity contribution in [3.63, 3.8) is 0 Å². The zero-order chi connectivity index (χ0) is 16.6. The van der Waals surface area contributed by atoms with Crippen LogP contribution in [0.25, 0.3) is 0 Å². The summed E-state index contributed by atoms with van der Waals surface area (Å²) in [5.74, 6) is -0.550. The minimum Gasteiger partial charge on any atom is -0.381 e. The largest absolute Gasteiger partial charge is 0.381 e. The quantitative estimate of drug-likeness (QED) is 0.937. The number of aliphatic hydroxyl groups is 1. The third-order valence-electron chi connectivity index (χ3n) is 4.21. The molecular formula is C16H18FN5O. The molecular weight excluding hydrogens is 297 g/mol. The van der Waals surface area contributed by atoms with Crippen LogP contribution in [0.1, 0.15) is 37.6 Å². The normalized spacial score (nSPS) is 21.0. The molecule has 6 nitrogen and oxygen atoms in total. The highest BCUT2D eigenvalue weighted by atomic mass is 19.1. The third kappa shape index (κ3) is 2.66. The van der Waals surface area contributed by atoms with Crippen LogP contribution in [-0.2, 0) is 5.60 Å². The van der Waals surface area contributed by atoms with E-state index in [0.717, 1.165) is 0 Å². The second-order valence-electron chi connectivity index (χ2n) is 6.13. The van der Waals surface area contributed by atoms with Crippen molar-refractivity contribution in [3.8, 4) is 6.07 Å². The van der Waals surface area contributed by atoms with Gasteiger partial charge in [0.2, 0.25) is 0 Å². The van der Waals surface area contributed by atoms with Crippen molar-refractivity contribution in [1.82, 2.24) is 15.0 Å². The molecule has 1 fully saturated rings. The monoisotopic (exact) mass is 315 g/mol. The van der Waals surface area contributed by atoms with Gasteiger partial charge in [0, 0.05) is 19.0 Å². The van der Waals surface area contributed by atoms with E-state index < -0.39 is 11.4 Å². The first-order valence-electron chi connectivity index (χ1n) is 7.53. The topological polar surface area (TPSA) is 78.0 Å². The third-order valence-corrected chi connectivity index (χ3v) is 4.21. The molecule has 1 N–H and O–H groups in total. The summed E-state index contributed by atoms with van der Waals surface area (Å²) in [4.78, 5) is 1.82. The van der Waals surface area contributed by atoms with Crippen LogP contribution in [0.5, 0.6) is 0 Å². The molecule has 1 aromatic carbocycles. The predicted octanol–water partition coefficient (Wildman–Crippen LogP) is 1.97. The van der Waals surface area contributed by atoms with Gasteiger partial charge in [-0.2, -0.15) is 5.26 Å². The van der Waals surface area contributed by atoms with E-state index in [2.05, 4.69) is 10.3 Å². The van der Waals surface area contributed by atoms with Gasteiger partial charge in [0.05, 0.1) is 18.4 Å². The average Bonchev–Trinajstić information content (AvgIpc) is 3.15. The lowest BCUT2D eigenvalue weighted by molar-refractivity contribution is 0.0559. The van der Waals surface area contributed by atoms with Crippen LogP contribution in [0.4, 0.5) is 10.1 Å². The van der Waals surface area contributed by atoms with Crippen molar-refractivity contribution >= 4 is 5.69 Å². The molecule has 3 rings (SSSR count). The first-order valence-corrected chi connectivity index (χ1v) is 7.53. The Hall–Kier alpha value is -2.46. The van der Waals surface area contributed by atoms with Gasteiger partial charge in [-0.15, -0.1) is 5.10 Å². The first-order chi connectivity index (χ1) is 10.9. The maximum Gasteiger partial charge on any atom is 0.143 e. The van der Waals surface area contributed by atoms with E-state index in [-0.39, 0.29) is 18.2 Å². The lowest BCUT2D eigenvalue weighted by Gasteiger charge is -2.23. The van der Waals surface area contributed by atoms with Crippen molar-refractivity contribution in [2.24, 2.45) is 0 Å². The van der Waals surface area contributed by atoms with Crippen LogP contribution in [0.15, 0.2) is 24.4 Å². The second kappa shape index (κ2) is 5.63. The molecule has 0 spiro atoms. The molecule has 0 unspecified atom stereocenters. The summed E-state index contributed by atoms with van der Waals surface area (Å²) in [7, 11) is 0. The number of rotatable bonds is 3. The van der Waals surface area contributed by atoms with Gasteiger partial charge in [0.15, 0.2) is 0 Å². The summed E-state index contributed by atoms with van der Waals surface area (Å²) in [6.07, 6.45) is 2.19. The summed E-state index contributed by atoms with van der Waals surface area (Å²) < 4.78 is 15.5. The van der Waals surface area contributed by atoms with Crippen molar-refractivity contribution in [1.29, 1.82) is 5.26 Å². The Morgan fingerprint density at radius 1 is 1.43 bits per heavy atom. The minimum absolute atomic E-state index is 0.00239. The summed E-state index contributed by atoms with van der Waals surface area (Å²) in [6, 6.07) is 6.58. The van der Waals surface area contributed by atoms with Crippen LogP contribution in [0, 0.1) is 17.1 Å². The van der Waals surface area contributed by atoms with Crippen molar-refractivity contribution in [3.05, 3.63) is 41.5 Å². The van der Waals surface area contributed by atoms with E-state index in [0.29, 0.717) is 24.3 Å². The van der Waals surface area contributed by atoms with Gasteiger partial charge >= 0.3 is 0 Å². The fourth-order valence-electron chi connectivity index (χ4n) is 2.84. The molecule has 0 radical (unpaired) electrons. The van der Waals surface area contributed by atoms with Crippen molar-refractivity contribution < 1.29 is 9.50 Å². The maximum absolute atomic E-state index is 13.8. The fraction of sp³-hybridized carbons (Fsp3) is 0.438. The van der Waals surface area contributed by atoms with Gasteiger partial charge < -0.3 is 10.0 Å². The van der Waals surface area contributed by atoms with Gasteiger partial charge in [0.1, 0.15) is 28.7 Å². The van der Waals surface area contributed by atoms with Crippen LogP contribution in [0.3, 0.4) is 0 Å². The first kappa shape index (κ1) is 15.4. The van der Waals surface area contributed by atoms with E-state index in [4.69, 9.17) is 5.26 Å². The van der Waals surface area contributed by atoms with Crippen LogP contribution in [0.2, 0.25) is 0 Å². The number of benzene rings is 1. The highest BCUT2D eigenvalue weighted by Gasteiger charge is 2.41. The van der Waals surface area contributed by atoms with E-state index in [1.165, 1.54) is 6.07 Å². The molecule has 1 aromatic heterocycles. The van der Waals surface area contributed by atoms with Crippen LogP contribution < -0.4 is 4.90 Å². The average molecular weight is 315 g/mol. The van der Waals surface area contributed by atoms with Gasteiger partial charge in [0.25, 0.3) is 0 Å². The minimum atomic E-state index is -1.15. The molecule has 1 saturated heterocycles. The molecule has 120 valence electrons. The lowest BCUT2D eigenvalue weighted by Crippen LogP contribution is -2.31. The van der Waals surface area contributed by atoms with E-state index in [1.807, 2.05) is 24.8 Å². The molecule has 2 aromatic rings. The Kier molecular flexibility index (Phi) is 3.78. The number of nitriles is 1. The second-order valence-corrected chi connectivity index (χ2v) is 6.13. The number of β-amino-alcohol motifs (C(OH)–C–C–N with tert-alkyl or cyclic N) is 1. The number of hydrogen-bond donors (Lipinski definition) is 1. The zero-order valence-corrected chi connectivity index (χ0v) is 13.1. The van der Waals surface area contributed by atoms with Crippen molar-refractivity contribution in [2.45, 2.75) is 31.9 Å². The van der Waals surface area contributed by atoms with Crippen LogP contribution >= 0.6 is 0 Å². The predicted molar refractivity (Wildman–Crippen MR) is 82.2 cm³/mol. The number of anilines is 1. The van der Waals surface area contributed by atoms with Gasteiger partial charge in [-0.3, -0.25) is 0 Å². The number of aromatic nitrogens is 3. The number of nitrogens with zero attached hydrogens (tertiary/aromatic N) is 5. The molecule has 1 aliphatic rings. The van der Waals surface area contributed by atoms with E-state index in [9.17, 15) is 9.50 Å².